The average molecular weight is 246 g/mol. The molecule has 0 N–H and O–H groups in total. The molecule has 0 amide bonds. The zero-order valence-electron chi connectivity index (χ0n) is 11.7. The van der Waals surface area contributed by atoms with Crippen molar-refractivity contribution >= 4 is 0 Å². The third-order valence-corrected chi connectivity index (χ3v) is 3.09. The molecule has 0 atom stereocenters. The summed E-state index contributed by atoms with van der Waals surface area (Å²) in [4.78, 5) is 0. The lowest BCUT2D eigenvalue weighted by Crippen LogP contribution is -1.99. The molecule has 1 aromatic carbocycles. The van der Waals surface area contributed by atoms with Crippen LogP contribution in [0.15, 0.2) is 36.9 Å². The van der Waals surface area contributed by atoms with Gasteiger partial charge in [-0.2, -0.15) is 0 Å². The highest BCUT2D eigenvalue weighted by atomic mass is 16.5. The lowest BCUT2D eigenvalue weighted by Gasteiger charge is -2.10. The van der Waals surface area contributed by atoms with E-state index in [0.717, 1.165) is 25.2 Å². The number of ether oxygens (including phenoxy) is 1. The second kappa shape index (κ2) is 9.76. The molecule has 0 aliphatic rings. The van der Waals surface area contributed by atoms with Crippen LogP contribution in [-0.2, 0) is 6.42 Å². The predicted octanol–water partition coefficient (Wildman–Crippen LogP) is 5.15. The van der Waals surface area contributed by atoms with E-state index in [2.05, 4.69) is 31.7 Å². The molecular weight excluding hydrogens is 220 g/mol. The normalized spacial score (nSPS) is 10.3. The minimum absolute atomic E-state index is 0.834. The fourth-order valence-corrected chi connectivity index (χ4v) is 2.03. The predicted molar refractivity (Wildman–Crippen MR) is 79.2 cm³/mol. The molecule has 0 aromatic heterocycles. The second-order valence-electron chi connectivity index (χ2n) is 4.72. The fraction of sp³-hybridized carbons (Fsp3) is 0.529. The SMILES string of the molecule is C=CCc1ccccc1OCCCCCCCC. The summed E-state index contributed by atoms with van der Waals surface area (Å²) in [6.07, 6.45) is 10.6. The summed E-state index contributed by atoms with van der Waals surface area (Å²) in [5, 5.41) is 0. The van der Waals surface area contributed by atoms with Crippen molar-refractivity contribution in [2.45, 2.75) is 51.9 Å². The first-order chi connectivity index (χ1) is 8.88. The Labute approximate surface area is 112 Å². The van der Waals surface area contributed by atoms with Crippen LogP contribution in [-0.4, -0.2) is 6.61 Å². The first kappa shape index (κ1) is 14.8. The van der Waals surface area contributed by atoms with Crippen LogP contribution in [0.25, 0.3) is 0 Å². The summed E-state index contributed by atoms with van der Waals surface area (Å²) in [6, 6.07) is 8.24. The van der Waals surface area contributed by atoms with Crippen molar-refractivity contribution in [3.63, 3.8) is 0 Å². The van der Waals surface area contributed by atoms with E-state index in [1.54, 1.807) is 0 Å². The third-order valence-electron chi connectivity index (χ3n) is 3.09. The highest BCUT2D eigenvalue weighted by molar-refractivity contribution is 5.34. The van der Waals surface area contributed by atoms with E-state index in [-0.39, 0.29) is 0 Å². The van der Waals surface area contributed by atoms with E-state index in [0.29, 0.717) is 0 Å². The van der Waals surface area contributed by atoms with Gasteiger partial charge in [-0.05, 0) is 24.5 Å². The van der Waals surface area contributed by atoms with E-state index < -0.39 is 0 Å². The van der Waals surface area contributed by atoms with Crippen LogP contribution in [0, 0.1) is 0 Å². The van der Waals surface area contributed by atoms with Gasteiger partial charge in [0.1, 0.15) is 5.75 Å². The maximum atomic E-state index is 5.85. The molecular formula is C17H26O. The van der Waals surface area contributed by atoms with Crippen molar-refractivity contribution < 1.29 is 4.74 Å². The number of para-hydroxylation sites is 1. The van der Waals surface area contributed by atoms with Crippen molar-refractivity contribution in [2.75, 3.05) is 6.61 Å². The molecule has 1 heteroatoms. The number of allylic oxidation sites excluding steroid dienone is 1. The molecule has 0 bridgehead atoms. The van der Waals surface area contributed by atoms with Gasteiger partial charge >= 0.3 is 0 Å². The molecule has 0 unspecified atom stereocenters. The summed E-state index contributed by atoms with van der Waals surface area (Å²) in [7, 11) is 0. The molecule has 0 saturated carbocycles. The third kappa shape index (κ3) is 5.90. The molecule has 0 spiro atoms. The molecule has 1 nitrogen and oxygen atoms in total. The second-order valence-corrected chi connectivity index (χ2v) is 4.72. The molecule has 0 heterocycles. The minimum atomic E-state index is 0.834. The number of rotatable bonds is 10. The topological polar surface area (TPSA) is 9.23 Å². The van der Waals surface area contributed by atoms with Crippen LogP contribution in [0.3, 0.4) is 0 Å². The van der Waals surface area contributed by atoms with Gasteiger partial charge in [-0.1, -0.05) is 63.3 Å². The molecule has 1 aromatic rings. The standard InChI is InChI=1S/C17H26O/c1-3-5-6-7-8-11-15-18-17-14-10-9-13-16(17)12-4-2/h4,9-10,13-14H,2-3,5-8,11-12,15H2,1H3. The molecule has 100 valence electrons. The maximum absolute atomic E-state index is 5.85. The van der Waals surface area contributed by atoms with Gasteiger partial charge in [-0.15, -0.1) is 6.58 Å². The smallest absolute Gasteiger partial charge is 0.122 e. The first-order valence-corrected chi connectivity index (χ1v) is 7.20. The minimum Gasteiger partial charge on any atom is -0.493 e. The van der Waals surface area contributed by atoms with Gasteiger partial charge in [0.15, 0.2) is 0 Å². The molecule has 0 saturated heterocycles. The quantitative estimate of drug-likeness (QED) is 0.409. The Bertz CT molecular complexity index is 330. The van der Waals surface area contributed by atoms with Gasteiger partial charge in [0.25, 0.3) is 0 Å². The summed E-state index contributed by atoms with van der Waals surface area (Å²) in [5.74, 6) is 1.02. The van der Waals surface area contributed by atoms with Crippen molar-refractivity contribution in [2.24, 2.45) is 0 Å². The Hall–Kier alpha value is -1.24. The molecule has 0 fully saturated rings. The Morgan fingerprint density at radius 1 is 1.06 bits per heavy atom. The van der Waals surface area contributed by atoms with Crippen molar-refractivity contribution in [1.29, 1.82) is 0 Å². The monoisotopic (exact) mass is 246 g/mol. The summed E-state index contributed by atoms with van der Waals surface area (Å²) >= 11 is 0. The highest BCUT2D eigenvalue weighted by Crippen LogP contribution is 2.19. The Morgan fingerprint density at radius 2 is 1.78 bits per heavy atom. The van der Waals surface area contributed by atoms with Gasteiger partial charge in [-0.3, -0.25) is 0 Å². The van der Waals surface area contributed by atoms with Crippen molar-refractivity contribution in [3.05, 3.63) is 42.5 Å². The molecule has 0 aliphatic carbocycles. The van der Waals surface area contributed by atoms with Crippen molar-refractivity contribution in [3.8, 4) is 5.75 Å². The highest BCUT2D eigenvalue weighted by Gasteiger charge is 2.00. The van der Waals surface area contributed by atoms with Crippen molar-refractivity contribution in [1.82, 2.24) is 0 Å². The van der Waals surface area contributed by atoms with Gasteiger partial charge < -0.3 is 4.74 Å². The molecule has 1 rings (SSSR count). The van der Waals surface area contributed by atoms with Crippen LogP contribution in [0.4, 0.5) is 0 Å². The van der Waals surface area contributed by atoms with Gasteiger partial charge in [0.2, 0.25) is 0 Å². The van der Waals surface area contributed by atoms with Crippen LogP contribution in [0.2, 0.25) is 0 Å². The molecule has 0 aliphatic heterocycles. The summed E-state index contributed by atoms with van der Waals surface area (Å²) in [5.41, 5.74) is 1.23. The Balaban J connectivity index is 2.20. The zero-order valence-corrected chi connectivity index (χ0v) is 11.7. The van der Waals surface area contributed by atoms with Crippen LogP contribution in [0.1, 0.15) is 51.0 Å². The summed E-state index contributed by atoms with van der Waals surface area (Å²) < 4.78 is 5.85. The van der Waals surface area contributed by atoms with Crippen LogP contribution in [0.5, 0.6) is 5.75 Å². The number of benzene rings is 1. The fourth-order valence-electron chi connectivity index (χ4n) is 2.03. The lowest BCUT2D eigenvalue weighted by molar-refractivity contribution is 0.302. The maximum Gasteiger partial charge on any atom is 0.122 e. The number of hydrogen-bond acceptors (Lipinski definition) is 1. The molecule has 18 heavy (non-hydrogen) atoms. The first-order valence-electron chi connectivity index (χ1n) is 7.20. The largest absolute Gasteiger partial charge is 0.493 e. The Kier molecular flexibility index (Phi) is 8.03. The number of hydrogen-bond donors (Lipinski definition) is 0. The van der Waals surface area contributed by atoms with Crippen LogP contribution >= 0.6 is 0 Å². The van der Waals surface area contributed by atoms with Gasteiger partial charge in [0.05, 0.1) is 6.61 Å². The van der Waals surface area contributed by atoms with E-state index in [9.17, 15) is 0 Å². The Morgan fingerprint density at radius 3 is 2.56 bits per heavy atom. The van der Waals surface area contributed by atoms with E-state index in [1.165, 1.54) is 37.7 Å². The van der Waals surface area contributed by atoms with E-state index in [1.807, 2.05) is 12.1 Å². The lowest BCUT2D eigenvalue weighted by atomic mass is 10.1. The van der Waals surface area contributed by atoms with Crippen LogP contribution < -0.4 is 4.74 Å². The van der Waals surface area contributed by atoms with Gasteiger partial charge in [0, 0.05) is 0 Å². The summed E-state index contributed by atoms with van der Waals surface area (Å²) in [6.45, 7) is 6.86. The average Bonchev–Trinajstić information content (AvgIpc) is 2.40. The van der Waals surface area contributed by atoms with E-state index in [4.69, 9.17) is 4.74 Å². The number of unbranched alkanes of at least 4 members (excludes halogenated alkanes) is 5. The van der Waals surface area contributed by atoms with Gasteiger partial charge in [-0.25, -0.2) is 0 Å². The molecule has 0 radical (unpaired) electrons. The van der Waals surface area contributed by atoms with E-state index >= 15 is 0 Å². The zero-order chi connectivity index (χ0) is 13.1.